The summed E-state index contributed by atoms with van der Waals surface area (Å²) in [6.45, 7) is 2.11. The second kappa shape index (κ2) is 9.52. The highest BCUT2D eigenvalue weighted by atomic mass is 16.5. The summed E-state index contributed by atoms with van der Waals surface area (Å²) in [6.07, 6.45) is 4.07. The minimum absolute atomic E-state index is 0.00542. The van der Waals surface area contributed by atoms with Crippen LogP contribution in [0.5, 0.6) is 11.6 Å². The van der Waals surface area contributed by atoms with Crippen LogP contribution in [0.1, 0.15) is 47.0 Å². The Hall–Kier alpha value is -3.55. The molecule has 2 aromatic heterocycles. The standard InChI is InChI=1S/C25H27N3O5/c29-25(30)14-18(17-4-3-16-7-10-31-23(16)13-17)12-20-15-24(28-33-20)32-11-8-19-5-6-21-22(27-19)2-1-9-26-21/h3-6,13,15,18,26H,1-2,7-12,14H2,(H,29,30). The van der Waals surface area contributed by atoms with Gasteiger partial charge in [-0.15, -0.1) is 0 Å². The first kappa shape index (κ1) is 21.3. The Morgan fingerprint density at radius 3 is 3.06 bits per heavy atom. The van der Waals surface area contributed by atoms with Gasteiger partial charge in [0.05, 0.1) is 31.0 Å². The quantitative estimate of drug-likeness (QED) is 0.508. The molecule has 1 unspecified atom stereocenters. The first-order valence-corrected chi connectivity index (χ1v) is 11.4. The highest BCUT2D eigenvalue weighted by Gasteiger charge is 2.22. The zero-order valence-corrected chi connectivity index (χ0v) is 18.4. The molecule has 0 bridgehead atoms. The third-order valence-electron chi connectivity index (χ3n) is 6.14. The number of carboxylic acid groups (broad SMARTS) is 1. The Morgan fingerprint density at radius 1 is 1.21 bits per heavy atom. The van der Waals surface area contributed by atoms with Crippen molar-refractivity contribution in [2.45, 2.75) is 44.4 Å². The van der Waals surface area contributed by atoms with Crippen molar-refractivity contribution in [3.05, 3.63) is 64.7 Å². The number of fused-ring (bicyclic) bond motifs is 2. The molecule has 2 N–H and O–H groups in total. The second-order valence-electron chi connectivity index (χ2n) is 8.52. The van der Waals surface area contributed by atoms with Crippen molar-refractivity contribution in [2.24, 2.45) is 0 Å². The summed E-state index contributed by atoms with van der Waals surface area (Å²) in [6, 6.07) is 11.8. The van der Waals surface area contributed by atoms with Crippen LogP contribution in [0.3, 0.4) is 0 Å². The first-order chi connectivity index (χ1) is 16.1. The van der Waals surface area contributed by atoms with E-state index in [4.69, 9.17) is 19.0 Å². The molecule has 2 aliphatic heterocycles. The Balaban J connectivity index is 1.19. The van der Waals surface area contributed by atoms with E-state index in [-0.39, 0.29) is 12.3 Å². The number of hydrogen-bond donors (Lipinski definition) is 2. The van der Waals surface area contributed by atoms with Crippen LogP contribution in [0.25, 0.3) is 0 Å². The number of anilines is 1. The summed E-state index contributed by atoms with van der Waals surface area (Å²) < 4.78 is 16.9. The predicted molar refractivity (Wildman–Crippen MR) is 121 cm³/mol. The molecular weight excluding hydrogens is 422 g/mol. The Labute approximate surface area is 191 Å². The van der Waals surface area contributed by atoms with Crippen molar-refractivity contribution in [1.82, 2.24) is 10.1 Å². The van der Waals surface area contributed by atoms with Crippen LogP contribution in [0.15, 0.2) is 40.9 Å². The van der Waals surface area contributed by atoms with Gasteiger partial charge in [0.1, 0.15) is 11.5 Å². The topological polar surface area (TPSA) is 107 Å². The molecule has 0 saturated heterocycles. The van der Waals surface area contributed by atoms with Crippen LogP contribution in [0.2, 0.25) is 0 Å². The van der Waals surface area contributed by atoms with Crippen LogP contribution in [0.4, 0.5) is 5.69 Å². The lowest BCUT2D eigenvalue weighted by Gasteiger charge is -2.17. The molecule has 3 aromatic rings. The molecule has 0 fully saturated rings. The third kappa shape index (κ3) is 5.10. The molecule has 33 heavy (non-hydrogen) atoms. The maximum Gasteiger partial charge on any atom is 0.303 e. The minimum Gasteiger partial charge on any atom is -0.493 e. The molecule has 172 valence electrons. The van der Waals surface area contributed by atoms with Gasteiger partial charge in [0.25, 0.3) is 5.88 Å². The molecule has 8 nitrogen and oxygen atoms in total. The molecule has 5 rings (SSSR count). The van der Waals surface area contributed by atoms with Gasteiger partial charge in [-0.1, -0.05) is 12.1 Å². The van der Waals surface area contributed by atoms with Crippen LogP contribution >= 0.6 is 0 Å². The molecule has 0 radical (unpaired) electrons. The van der Waals surface area contributed by atoms with E-state index >= 15 is 0 Å². The van der Waals surface area contributed by atoms with Gasteiger partial charge in [0, 0.05) is 43.5 Å². The van der Waals surface area contributed by atoms with Gasteiger partial charge in [-0.05, 0) is 47.3 Å². The molecule has 1 aromatic carbocycles. The van der Waals surface area contributed by atoms with E-state index in [9.17, 15) is 9.90 Å². The number of nitrogens with one attached hydrogen (secondary N) is 1. The average Bonchev–Trinajstić information content (AvgIpc) is 3.47. The maximum atomic E-state index is 11.5. The van der Waals surface area contributed by atoms with E-state index in [1.807, 2.05) is 24.3 Å². The summed E-state index contributed by atoms with van der Waals surface area (Å²) in [5.74, 6) is 0.735. The predicted octanol–water partition coefficient (Wildman–Crippen LogP) is 3.79. The van der Waals surface area contributed by atoms with Gasteiger partial charge in [0.2, 0.25) is 0 Å². The molecule has 4 heterocycles. The van der Waals surface area contributed by atoms with Gasteiger partial charge < -0.3 is 24.4 Å². The Bertz CT molecular complexity index is 1140. The largest absolute Gasteiger partial charge is 0.493 e. The van der Waals surface area contributed by atoms with Crippen molar-refractivity contribution in [3.8, 4) is 11.6 Å². The fourth-order valence-corrected chi connectivity index (χ4v) is 4.43. The van der Waals surface area contributed by atoms with E-state index in [1.165, 1.54) is 0 Å². The van der Waals surface area contributed by atoms with Gasteiger partial charge >= 0.3 is 5.97 Å². The molecule has 0 aliphatic carbocycles. The number of carbonyl (C=O) groups is 1. The number of aliphatic carboxylic acids is 1. The zero-order valence-electron chi connectivity index (χ0n) is 18.4. The molecular formula is C25H27N3O5. The van der Waals surface area contributed by atoms with E-state index in [0.717, 1.165) is 59.8 Å². The molecule has 0 saturated carbocycles. The number of ether oxygens (including phenoxy) is 2. The van der Waals surface area contributed by atoms with Crippen molar-refractivity contribution in [1.29, 1.82) is 0 Å². The average molecular weight is 450 g/mol. The van der Waals surface area contributed by atoms with Gasteiger partial charge in [-0.3, -0.25) is 9.78 Å². The zero-order chi connectivity index (χ0) is 22.6. The SMILES string of the molecule is O=C(O)CC(Cc1cc(OCCc2ccc3c(n2)CCCN3)no1)c1ccc2c(c1)OCC2. The smallest absolute Gasteiger partial charge is 0.303 e. The Kier molecular flexibility index (Phi) is 6.15. The van der Waals surface area contributed by atoms with E-state index in [0.29, 0.717) is 37.7 Å². The lowest BCUT2D eigenvalue weighted by molar-refractivity contribution is -0.137. The minimum atomic E-state index is -0.856. The second-order valence-corrected chi connectivity index (χ2v) is 8.52. The lowest BCUT2D eigenvalue weighted by atomic mass is 9.90. The summed E-state index contributed by atoms with van der Waals surface area (Å²) in [7, 11) is 0. The van der Waals surface area contributed by atoms with Crippen LogP contribution < -0.4 is 14.8 Å². The van der Waals surface area contributed by atoms with Gasteiger partial charge in [-0.25, -0.2) is 0 Å². The Morgan fingerprint density at radius 2 is 2.15 bits per heavy atom. The van der Waals surface area contributed by atoms with Crippen molar-refractivity contribution >= 4 is 11.7 Å². The van der Waals surface area contributed by atoms with Crippen LogP contribution in [-0.4, -0.2) is 41.0 Å². The first-order valence-electron chi connectivity index (χ1n) is 11.4. The molecule has 0 spiro atoms. The molecule has 0 amide bonds. The van der Waals surface area contributed by atoms with Crippen LogP contribution in [-0.2, 0) is 30.5 Å². The number of aryl methyl sites for hydroxylation is 1. The maximum absolute atomic E-state index is 11.5. The number of nitrogens with zero attached hydrogens (tertiary/aromatic N) is 2. The number of hydrogen-bond acceptors (Lipinski definition) is 7. The van der Waals surface area contributed by atoms with Crippen molar-refractivity contribution < 1.29 is 23.9 Å². The monoisotopic (exact) mass is 449 g/mol. The van der Waals surface area contributed by atoms with E-state index in [2.05, 4.69) is 16.5 Å². The molecule has 1 atom stereocenters. The highest BCUT2D eigenvalue weighted by molar-refractivity contribution is 5.68. The third-order valence-corrected chi connectivity index (χ3v) is 6.14. The molecule has 2 aliphatic rings. The number of aromatic nitrogens is 2. The van der Waals surface area contributed by atoms with E-state index < -0.39 is 5.97 Å². The van der Waals surface area contributed by atoms with Gasteiger partial charge in [0.15, 0.2) is 0 Å². The summed E-state index contributed by atoms with van der Waals surface area (Å²) in [5, 5.41) is 16.8. The lowest BCUT2D eigenvalue weighted by Crippen LogP contribution is -2.14. The fraction of sp³-hybridized carbons (Fsp3) is 0.400. The normalized spacial score (nSPS) is 15.2. The van der Waals surface area contributed by atoms with Crippen molar-refractivity contribution in [3.63, 3.8) is 0 Å². The highest BCUT2D eigenvalue weighted by Crippen LogP contribution is 2.33. The summed E-state index contributed by atoms with van der Waals surface area (Å²) >= 11 is 0. The molecule has 8 heteroatoms. The number of benzene rings is 1. The van der Waals surface area contributed by atoms with Crippen LogP contribution in [0, 0.1) is 0 Å². The van der Waals surface area contributed by atoms with Gasteiger partial charge in [-0.2, -0.15) is 0 Å². The fourth-order valence-electron chi connectivity index (χ4n) is 4.43. The summed E-state index contributed by atoms with van der Waals surface area (Å²) in [4.78, 5) is 16.2. The van der Waals surface area contributed by atoms with E-state index in [1.54, 1.807) is 6.07 Å². The number of carboxylic acids is 1. The van der Waals surface area contributed by atoms with Crippen molar-refractivity contribution in [2.75, 3.05) is 25.1 Å². The number of pyridine rings is 1. The number of rotatable bonds is 9. The summed E-state index contributed by atoms with van der Waals surface area (Å²) in [5.41, 5.74) is 5.31.